The maximum atomic E-state index is 11.4. The van der Waals surface area contributed by atoms with Gasteiger partial charge in [0.15, 0.2) is 6.29 Å². The molecule has 0 radical (unpaired) electrons. The summed E-state index contributed by atoms with van der Waals surface area (Å²) in [7, 11) is 0. The van der Waals surface area contributed by atoms with Crippen molar-refractivity contribution in [2.24, 2.45) is 0 Å². The molecular formula is C17H24N2OS. The van der Waals surface area contributed by atoms with Gasteiger partial charge in [0.25, 0.3) is 0 Å². The first-order chi connectivity index (χ1) is 10.3. The molecule has 3 rings (SSSR count). The molecule has 0 aromatic heterocycles. The van der Waals surface area contributed by atoms with Crippen LogP contribution in [0.4, 0.5) is 5.69 Å². The van der Waals surface area contributed by atoms with E-state index in [4.69, 9.17) is 0 Å². The predicted octanol–water partition coefficient (Wildman–Crippen LogP) is 3.39. The van der Waals surface area contributed by atoms with Crippen molar-refractivity contribution in [3.05, 3.63) is 24.3 Å². The maximum Gasteiger partial charge on any atom is 0.153 e. The molecule has 21 heavy (non-hydrogen) atoms. The zero-order valence-corrected chi connectivity index (χ0v) is 13.5. The van der Waals surface area contributed by atoms with Crippen molar-refractivity contribution in [1.29, 1.82) is 0 Å². The highest BCUT2D eigenvalue weighted by Gasteiger charge is 2.30. The summed E-state index contributed by atoms with van der Waals surface area (Å²) in [6.07, 6.45) is 6.34. The Hall–Kier alpha value is -1.00. The molecule has 1 fully saturated rings. The van der Waals surface area contributed by atoms with Crippen LogP contribution < -0.4 is 4.90 Å². The van der Waals surface area contributed by atoms with E-state index in [0.717, 1.165) is 25.4 Å². The quantitative estimate of drug-likeness (QED) is 0.778. The Labute approximate surface area is 131 Å². The van der Waals surface area contributed by atoms with Crippen LogP contribution >= 0.6 is 11.8 Å². The maximum absolute atomic E-state index is 11.4. The molecule has 0 amide bonds. The minimum Gasteiger partial charge on any atom is -0.351 e. The Balaban J connectivity index is 1.67. The monoisotopic (exact) mass is 304 g/mol. The van der Waals surface area contributed by atoms with E-state index in [9.17, 15) is 4.79 Å². The lowest BCUT2D eigenvalue weighted by molar-refractivity contribution is -0.107. The third-order valence-corrected chi connectivity index (χ3v) is 5.90. The van der Waals surface area contributed by atoms with E-state index in [0.29, 0.717) is 0 Å². The van der Waals surface area contributed by atoms with Gasteiger partial charge in [0.1, 0.15) is 5.37 Å². The van der Waals surface area contributed by atoms with E-state index in [1.54, 1.807) is 11.8 Å². The summed E-state index contributed by atoms with van der Waals surface area (Å²) in [5, 5.41) is -0.0488. The number of likely N-dealkylation sites (tertiary alicyclic amines) is 1. The number of hydrogen-bond acceptors (Lipinski definition) is 4. The van der Waals surface area contributed by atoms with Crippen LogP contribution in [-0.4, -0.2) is 42.2 Å². The molecule has 1 saturated heterocycles. The van der Waals surface area contributed by atoms with Gasteiger partial charge in [-0.1, -0.05) is 37.2 Å². The number of thioether (sulfide) groups is 1. The number of rotatable bonds is 5. The highest BCUT2D eigenvalue weighted by Crippen LogP contribution is 2.42. The van der Waals surface area contributed by atoms with E-state index in [-0.39, 0.29) is 5.37 Å². The van der Waals surface area contributed by atoms with Crippen LogP contribution in [-0.2, 0) is 4.79 Å². The number of fused-ring (bicyclic) bond motifs is 1. The van der Waals surface area contributed by atoms with Gasteiger partial charge < -0.3 is 9.69 Å². The van der Waals surface area contributed by atoms with Crippen molar-refractivity contribution in [1.82, 2.24) is 4.90 Å². The molecule has 4 heteroatoms. The predicted molar refractivity (Wildman–Crippen MR) is 89.0 cm³/mol. The highest BCUT2D eigenvalue weighted by atomic mass is 32.2. The Morgan fingerprint density at radius 3 is 2.95 bits per heavy atom. The average molecular weight is 304 g/mol. The lowest BCUT2D eigenvalue weighted by Crippen LogP contribution is -2.45. The summed E-state index contributed by atoms with van der Waals surface area (Å²) in [5.74, 6) is 0. The fourth-order valence-corrected chi connectivity index (χ4v) is 4.65. The van der Waals surface area contributed by atoms with Crippen LogP contribution in [0.5, 0.6) is 0 Å². The number of carbonyl (C=O) groups excluding carboxylic acids is 1. The summed E-state index contributed by atoms with van der Waals surface area (Å²) in [4.78, 5) is 17.5. The molecular weight excluding hydrogens is 280 g/mol. The topological polar surface area (TPSA) is 23.6 Å². The lowest BCUT2D eigenvalue weighted by atomic mass is 10.00. The number of anilines is 1. The number of carbonyl (C=O) groups is 1. The molecule has 0 saturated carbocycles. The summed E-state index contributed by atoms with van der Waals surface area (Å²) in [6, 6.07) is 9.11. The molecule has 2 aliphatic heterocycles. The summed E-state index contributed by atoms with van der Waals surface area (Å²) < 4.78 is 0. The van der Waals surface area contributed by atoms with Crippen molar-refractivity contribution in [3.8, 4) is 0 Å². The first-order valence-electron chi connectivity index (χ1n) is 8.05. The van der Waals surface area contributed by atoms with E-state index in [1.807, 2.05) is 0 Å². The first kappa shape index (κ1) is 14.9. The molecule has 1 aromatic rings. The van der Waals surface area contributed by atoms with Gasteiger partial charge in [0.2, 0.25) is 0 Å². The zero-order chi connectivity index (χ0) is 14.7. The van der Waals surface area contributed by atoms with E-state index < -0.39 is 0 Å². The number of para-hydroxylation sites is 1. The molecule has 3 nitrogen and oxygen atoms in total. The molecule has 114 valence electrons. The fourth-order valence-electron chi connectivity index (χ4n) is 3.53. The fraction of sp³-hybridized carbons (Fsp3) is 0.588. The van der Waals surface area contributed by atoms with Crippen LogP contribution in [0.3, 0.4) is 0 Å². The van der Waals surface area contributed by atoms with Gasteiger partial charge in [0.05, 0.1) is 5.69 Å². The van der Waals surface area contributed by atoms with Gasteiger partial charge in [-0.3, -0.25) is 4.90 Å². The minimum absolute atomic E-state index is 0.0488. The third kappa shape index (κ3) is 3.11. The number of piperidine rings is 1. The Kier molecular flexibility index (Phi) is 4.86. The number of aldehydes is 1. The molecule has 0 aliphatic carbocycles. The Morgan fingerprint density at radius 1 is 1.29 bits per heavy atom. The smallest absolute Gasteiger partial charge is 0.153 e. The molecule has 0 spiro atoms. The van der Waals surface area contributed by atoms with Gasteiger partial charge in [-0.2, -0.15) is 0 Å². The van der Waals surface area contributed by atoms with E-state index >= 15 is 0 Å². The Morgan fingerprint density at radius 2 is 2.14 bits per heavy atom. The van der Waals surface area contributed by atoms with Crippen molar-refractivity contribution in [2.75, 3.05) is 24.5 Å². The molecule has 0 N–H and O–H groups in total. The van der Waals surface area contributed by atoms with Gasteiger partial charge in [0, 0.05) is 24.0 Å². The van der Waals surface area contributed by atoms with Crippen molar-refractivity contribution < 1.29 is 4.79 Å². The summed E-state index contributed by atoms with van der Waals surface area (Å²) in [6.45, 7) is 5.52. The first-order valence-corrected chi connectivity index (χ1v) is 8.93. The van der Waals surface area contributed by atoms with Crippen LogP contribution in [0.25, 0.3) is 0 Å². The average Bonchev–Trinajstić information content (AvgIpc) is 2.91. The molecule has 2 heterocycles. The second-order valence-electron chi connectivity index (χ2n) is 5.90. The van der Waals surface area contributed by atoms with Crippen molar-refractivity contribution in [3.63, 3.8) is 0 Å². The lowest BCUT2D eigenvalue weighted by Gasteiger charge is -2.37. The molecule has 0 bridgehead atoms. The van der Waals surface area contributed by atoms with E-state index in [2.05, 4.69) is 41.0 Å². The van der Waals surface area contributed by atoms with Crippen LogP contribution in [0.15, 0.2) is 29.2 Å². The number of benzene rings is 1. The summed E-state index contributed by atoms with van der Waals surface area (Å²) in [5.41, 5.74) is 1.23. The SMILES string of the molecule is CCC1CCCCN1CCN1c2ccccc2SC1C=O. The molecule has 1 aromatic carbocycles. The van der Waals surface area contributed by atoms with E-state index in [1.165, 1.54) is 42.8 Å². The Bertz CT molecular complexity index is 493. The summed E-state index contributed by atoms with van der Waals surface area (Å²) >= 11 is 1.68. The second-order valence-corrected chi connectivity index (χ2v) is 7.06. The van der Waals surface area contributed by atoms with Gasteiger partial charge in [-0.05, 0) is 37.9 Å². The van der Waals surface area contributed by atoms with Crippen LogP contribution in [0, 0.1) is 0 Å². The number of hydrogen-bond donors (Lipinski definition) is 0. The largest absolute Gasteiger partial charge is 0.351 e. The van der Waals surface area contributed by atoms with Crippen LogP contribution in [0.1, 0.15) is 32.6 Å². The number of nitrogens with zero attached hydrogens (tertiary/aromatic N) is 2. The minimum atomic E-state index is -0.0488. The highest BCUT2D eigenvalue weighted by molar-refractivity contribution is 8.01. The van der Waals surface area contributed by atoms with Gasteiger partial charge >= 0.3 is 0 Å². The van der Waals surface area contributed by atoms with Crippen molar-refractivity contribution in [2.45, 2.75) is 48.9 Å². The van der Waals surface area contributed by atoms with Crippen LogP contribution in [0.2, 0.25) is 0 Å². The van der Waals surface area contributed by atoms with Gasteiger partial charge in [-0.25, -0.2) is 0 Å². The normalized spacial score (nSPS) is 25.9. The zero-order valence-electron chi connectivity index (χ0n) is 12.7. The molecule has 2 aliphatic rings. The van der Waals surface area contributed by atoms with Gasteiger partial charge in [-0.15, -0.1) is 0 Å². The molecule has 2 unspecified atom stereocenters. The molecule has 2 atom stereocenters. The van der Waals surface area contributed by atoms with Crippen molar-refractivity contribution >= 4 is 23.7 Å². The second kappa shape index (κ2) is 6.84. The standard InChI is InChI=1S/C17H24N2OS/c1-2-14-7-5-6-10-18(14)11-12-19-15-8-3-4-9-16(15)21-17(19)13-20/h3-4,8-9,13-14,17H,2,5-7,10-12H2,1H3. The third-order valence-electron chi connectivity index (χ3n) is 4.69.